The van der Waals surface area contributed by atoms with Crippen molar-refractivity contribution in [2.75, 3.05) is 16.5 Å². The maximum atomic E-state index is 12.0. The first-order valence-electron chi connectivity index (χ1n) is 7.64. The number of hydrazone groups is 1. The molecule has 132 valence electrons. The van der Waals surface area contributed by atoms with Crippen LogP contribution in [0.4, 0.5) is 11.6 Å². The molecule has 0 spiro atoms. The lowest BCUT2D eigenvalue weighted by atomic mass is 10.2. The van der Waals surface area contributed by atoms with Gasteiger partial charge >= 0.3 is 0 Å². The third-order valence-electron chi connectivity index (χ3n) is 3.09. The number of nitrogens with zero attached hydrogens (tertiary/aromatic N) is 3. The second kappa shape index (κ2) is 9.02. The van der Waals surface area contributed by atoms with Crippen LogP contribution in [0.15, 0.2) is 64.9 Å². The first-order chi connectivity index (χ1) is 12.7. The maximum Gasteiger partial charge on any atom is 0.240 e. The minimum Gasteiger partial charge on any atom is -0.325 e. The molecular formula is C17H15ClN6OS. The number of carbonyl (C=O) groups is 1. The van der Waals surface area contributed by atoms with Gasteiger partial charge in [0.1, 0.15) is 0 Å². The topological polar surface area (TPSA) is 95.1 Å². The van der Waals surface area contributed by atoms with Gasteiger partial charge in [0, 0.05) is 10.7 Å². The number of aromatic nitrogens is 3. The van der Waals surface area contributed by atoms with E-state index in [1.54, 1.807) is 30.5 Å². The highest BCUT2D eigenvalue weighted by molar-refractivity contribution is 7.99. The first-order valence-corrected chi connectivity index (χ1v) is 9.00. The molecule has 0 aliphatic heterocycles. The Balaban J connectivity index is 1.46. The van der Waals surface area contributed by atoms with E-state index in [-0.39, 0.29) is 11.7 Å². The van der Waals surface area contributed by atoms with E-state index in [0.717, 1.165) is 5.56 Å². The van der Waals surface area contributed by atoms with Crippen molar-refractivity contribution in [2.45, 2.75) is 5.16 Å². The molecule has 0 saturated heterocycles. The quantitative estimate of drug-likeness (QED) is 0.327. The Morgan fingerprint density at radius 3 is 2.88 bits per heavy atom. The summed E-state index contributed by atoms with van der Waals surface area (Å²) in [6.45, 7) is 0. The van der Waals surface area contributed by atoms with E-state index in [2.05, 4.69) is 31.0 Å². The number of anilines is 2. The largest absolute Gasteiger partial charge is 0.325 e. The van der Waals surface area contributed by atoms with Crippen molar-refractivity contribution in [3.8, 4) is 0 Å². The summed E-state index contributed by atoms with van der Waals surface area (Å²) < 4.78 is 0. The molecule has 3 rings (SSSR count). The summed E-state index contributed by atoms with van der Waals surface area (Å²) in [5.41, 5.74) is 4.37. The number of hydrogen-bond donors (Lipinski definition) is 3. The van der Waals surface area contributed by atoms with Crippen LogP contribution in [0.5, 0.6) is 0 Å². The number of amides is 1. The average Bonchev–Trinajstić information content (AvgIpc) is 3.09. The molecule has 0 fully saturated rings. The summed E-state index contributed by atoms with van der Waals surface area (Å²) in [5.74, 6) is 0.408. The highest BCUT2D eigenvalue weighted by atomic mass is 35.5. The van der Waals surface area contributed by atoms with Crippen LogP contribution in [-0.4, -0.2) is 33.1 Å². The molecule has 0 radical (unpaired) electrons. The summed E-state index contributed by atoms with van der Waals surface area (Å²) in [7, 11) is 0. The Morgan fingerprint density at radius 2 is 2.08 bits per heavy atom. The normalized spacial score (nSPS) is 10.8. The predicted octanol–water partition coefficient (Wildman–Crippen LogP) is 3.63. The Labute approximate surface area is 159 Å². The van der Waals surface area contributed by atoms with Crippen LogP contribution >= 0.6 is 23.4 Å². The van der Waals surface area contributed by atoms with Crippen LogP contribution in [0, 0.1) is 0 Å². The number of rotatable bonds is 7. The monoisotopic (exact) mass is 386 g/mol. The Morgan fingerprint density at radius 1 is 1.23 bits per heavy atom. The smallest absolute Gasteiger partial charge is 0.240 e. The van der Waals surface area contributed by atoms with Crippen molar-refractivity contribution in [1.82, 2.24) is 15.2 Å². The molecule has 0 unspecified atom stereocenters. The molecule has 2 aromatic carbocycles. The maximum absolute atomic E-state index is 12.0. The van der Waals surface area contributed by atoms with Gasteiger partial charge in [-0.05, 0) is 23.8 Å². The standard InChI is InChI=1S/C17H15ClN6OS/c18-13-7-4-8-14(9-13)20-15(25)11-26-17-21-16(23-24-17)22-19-10-12-5-2-1-3-6-12/h1-10H,11H2,(H,20,25)(H2,21,22,23,24)/b19-10-. The number of H-pyrrole nitrogens is 1. The fourth-order valence-corrected chi connectivity index (χ4v) is 2.75. The van der Waals surface area contributed by atoms with Gasteiger partial charge in [-0.15, -0.1) is 5.10 Å². The number of aromatic amines is 1. The molecule has 1 amide bonds. The van der Waals surface area contributed by atoms with Gasteiger partial charge in [0.2, 0.25) is 17.0 Å². The second-order valence-electron chi connectivity index (χ2n) is 5.09. The fourth-order valence-electron chi connectivity index (χ4n) is 1.96. The molecule has 9 heteroatoms. The molecule has 0 atom stereocenters. The van der Waals surface area contributed by atoms with Crippen LogP contribution in [0.2, 0.25) is 5.02 Å². The Hall–Kier alpha value is -2.84. The fraction of sp³-hybridized carbons (Fsp3) is 0.0588. The number of halogens is 1. The summed E-state index contributed by atoms with van der Waals surface area (Å²) in [4.78, 5) is 16.2. The minimum absolute atomic E-state index is 0.168. The summed E-state index contributed by atoms with van der Waals surface area (Å²) in [6.07, 6.45) is 1.67. The highest BCUT2D eigenvalue weighted by Crippen LogP contribution is 2.17. The minimum atomic E-state index is -0.168. The zero-order valence-corrected chi connectivity index (χ0v) is 15.1. The van der Waals surface area contributed by atoms with Gasteiger partial charge in [-0.25, -0.2) is 10.5 Å². The van der Waals surface area contributed by atoms with Crippen LogP contribution < -0.4 is 10.7 Å². The van der Waals surface area contributed by atoms with Crippen molar-refractivity contribution < 1.29 is 4.79 Å². The Kier molecular flexibility index (Phi) is 6.24. The molecular weight excluding hydrogens is 372 g/mol. The van der Waals surface area contributed by atoms with E-state index in [0.29, 0.717) is 21.8 Å². The van der Waals surface area contributed by atoms with Crippen LogP contribution in [0.25, 0.3) is 0 Å². The van der Waals surface area contributed by atoms with Crippen molar-refractivity contribution in [2.24, 2.45) is 5.10 Å². The van der Waals surface area contributed by atoms with Gasteiger partial charge in [0.25, 0.3) is 0 Å². The van der Waals surface area contributed by atoms with Crippen molar-refractivity contribution in [3.05, 3.63) is 65.2 Å². The van der Waals surface area contributed by atoms with Gasteiger partial charge in [0.15, 0.2) is 0 Å². The number of nitrogens with one attached hydrogen (secondary N) is 3. The third kappa shape index (κ3) is 5.61. The Bertz CT molecular complexity index is 899. The lowest BCUT2D eigenvalue weighted by molar-refractivity contribution is -0.113. The second-order valence-corrected chi connectivity index (χ2v) is 6.47. The molecule has 26 heavy (non-hydrogen) atoms. The summed E-state index contributed by atoms with van der Waals surface area (Å²) in [6, 6.07) is 16.6. The van der Waals surface area contributed by atoms with E-state index in [1.165, 1.54) is 11.8 Å². The molecule has 0 aliphatic rings. The molecule has 3 aromatic rings. The van der Waals surface area contributed by atoms with E-state index >= 15 is 0 Å². The number of thioether (sulfide) groups is 1. The summed E-state index contributed by atoms with van der Waals surface area (Å²) >= 11 is 7.10. The lowest BCUT2D eigenvalue weighted by Crippen LogP contribution is -2.14. The molecule has 1 heterocycles. The van der Waals surface area contributed by atoms with Crippen molar-refractivity contribution in [1.29, 1.82) is 0 Å². The number of benzene rings is 2. The van der Waals surface area contributed by atoms with Gasteiger partial charge in [0.05, 0.1) is 12.0 Å². The number of hydrogen-bond acceptors (Lipinski definition) is 6. The van der Waals surface area contributed by atoms with Crippen molar-refractivity contribution >= 4 is 47.1 Å². The lowest BCUT2D eigenvalue weighted by Gasteiger charge is -2.03. The van der Waals surface area contributed by atoms with E-state index in [9.17, 15) is 4.79 Å². The van der Waals surface area contributed by atoms with E-state index in [4.69, 9.17) is 11.6 Å². The zero-order chi connectivity index (χ0) is 18.2. The van der Waals surface area contributed by atoms with Crippen LogP contribution in [-0.2, 0) is 4.79 Å². The number of carbonyl (C=O) groups excluding carboxylic acids is 1. The highest BCUT2D eigenvalue weighted by Gasteiger charge is 2.08. The third-order valence-corrected chi connectivity index (χ3v) is 4.17. The molecule has 0 aliphatic carbocycles. The average molecular weight is 387 g/mol. The van der Waals surface area contributed by atoms with Crippen LogP contribution in [0.3, 0.4) is 0 Å². The molecule has 0 bridgehead atoms. The van der Waals surface area contributed by atoms with Gasteiger partial charge < -0.3 is 5.32 Å². The SMILES string of the molecule is O=C(CSc1n[nH]c(N/N=C\c2ccccc2)n1)Nc1cccc(Cl)c1. The summed E-state index contributed by atoms with van der Waals surface area (Å²) in [5, 5.41) is 14.6. The van der Waals surface area contributed by atoms with E-state index < -0.39 is 0 Å². The van der Waals surface area contributed by atoms with Crippen LogP contribution in [0.1, 0.15) is 5.56 Å². The molecule has 3 N–H and O–H groups in total. The van der Waals surface area contributed by atoms with Gasteiger partial charge in [-0.1, -0.05) is 59.8 Å². The predicted molar refractivity (Wildman–Crippen MR) is 105 cm³/mol. The molecule has 0 saturated carbocycles. The zero-order valence-electron chi connectivity index (χ0n) is 13.5. The molecule has 7 nitrogen and oxygen atoms in total. The molecule has 1 aromatic heterocycles. The van der Waals surface area contributed by atoms with Crippen molar-refractivity contribution in [3.63, 3.8) is 0 Å². The first kappa shape index (κ1) is 18.0. The van der Waals surface area contributed by atoms with Gasteiger partial charge in [-0.3, -0.25) is 4.79 Å². The van der Waals surface area contributed by atoms with Gasteiger partial charge in [-0.2, -0.15) is 10.1 Å². The van der Waals surface area contributed by atoms with E-state index in [1.807, 2.05) is 30.3 Å².